The van der Waals surface area contributed by atoms with Gasteiger partial charge >= 0.3 is 0 Å². The molecule has 3 aromatic rings. The highest BCUT2D eigenvalue weighted by Gasteiger charge is 2.14. The first kappa shape index (κ1) is 16.4. The van der Waals surface area contributed by atoms with E-state index < -0.39 is 11.6 Å². The van der Waals surface area contributed by atoms with Crippen molar-refractivity contribution in [1.82, 2.24) is 14.8 Å². The zero-order chi connectivity index (χ0) is 17.1. The van der Waals surface area contributed by atoms with E-state index in [1.54, 1.807) is 11.7 Å². The quantitative estimate of drug-likeness (QED) is 0.653. The van der Waals surface area contributed by atoms with E-state index in [-0.39, 0.29) is 11.3 Å². The first-order valence-corrected chi connectivity index (χ1v) is 8.18. The highest BCUT2D eigenvalue weighted by molar-refractivity contribution is 7.98. The second-order valence-electron chi connectivity index (χ2n) is 5.08. The molecule has 2 aromatic carbocycles. The van der Waals surface area contributed by atoms with Crippen LogP contribution in [0.3, 0.4) is 0 Å². The van der Waals surface area contributed by atoms with Gasteiger partial charge in [0.05, 0.1) is 7.11 Å². The molecule has 1 heterocycles. The lowest BCUT2D eigenvalue weighted by atomic mass is 10.2. The molecule has 3 rings (SSSR count). The van der Waals surface area contributed by atoms with Crippen LogP contribution < -0.4 is 4.74 Å². The van der Waals surface area contributed by atoms with Crippen molar-refractivity contribution in [2.24, 2.45) is 7.05 Å². The largest absolute Gasteiger partial charge is 0.497 e. The standard InChI is InChI=1S/C17H15F2N3OS/c1-22-16(11-6-8-12(23-2)9-7-11)20-21-17(22)24-10-13-14(18)4-3-5-15(13)19/h3-9H,10H2,1-2H3. The van der Waals surface area contributed by atoms with Gasteiger partial charge in [0.15, 0.2) is 11.0 Å². The zero-order valence-corrected chi connectivity index (χ0v) is 14.0. The van der Waals surface area contributed by atoms with Crippen molar-refractivity contribution in [2.75, 3.05) is 7.11 Å². The molecule has 0 bridgehead atoms. The Kier molecular flexibility index (Phi) is 4.80. The Morgan fingerprint density at radius 2 is 1.71 bits per heavy atom. The number of ether oxygens (including phenoxy) is 1. The molecule has 0 unspecified atom stereocenters. The summed E-state index contributed by atoms with van der Waals surface area (Å²) in [7, 11) is 3.42. The molecule has 4 nitrogen and oxygen atoms in total. The van der Waals surface area contributed by atoms with Gasteiger partial charge in [0.25, 0.3) is 0 Å². The molecule has 0 aliphatic rings. The number of thioether (sulfide) groups is 1. The van der Waals surface area contributed by atoms with E-state index in [4.69, 9.17) is 4.74 Å². The monoisotopic (exact) mass is 347 g/mol. The summed E-state index contributed by atoms with van der Waals surface area (Å²) in [5.41, 5.74) is 0.922. The second-order valence-corrected chi connectivity index (χ2v) is 6.03. The molecule has 24 heavy (non-hydrogen) atoms. The van der Waals surface area contributed by atoms with E-state index in [1.165, 1.54) is 30.0 Å². The maximum atomic E-state index is 13.7. The molecule has 0 aliphatic carbocycles. The van der Waals surface area contributed by atoms with Crippen LogP contribution in [0.15, 0.2) is 47.6 Å². The van der Waals surface area contributed by atoms with Gasteiger partial charge in [-0.05, 0) is 36.4 Å². The van der Waals surface area contributed by atoms with Gasteiger partial charge in [-0.25, -0.2) is 8.78 Å². The van der Waals surface area contributed by atoms with Crippen molar-refractivity contribution in [1.29, 1.82) is 0 Å². The van der Waals surface area contributed by atoms with Crippen LogP contribution in [0.4, 0.5) is 8.78 Å². The lowest BCUT2D eigenvalue weighted by Gasteiger charge is -2.06. The molecule has 1 aromatic heterocycles. The van der Waals surface area contributed by atoms with Gasteiger partial charge in [-0.3, -0.25) is 0 Å². The summed E-state index contributed by atoms with van der Waals surface area (Å²) >= 11 is 1.24. The van der Waals surface area contributed by atoms with Crippen LogP contribution in [0, 0.1) is 11.6 Å². The maximum Gasteiger partial charge on any atom is 0.191 e. The Bertz CT molecular complexity index is 829. The third-order valence-electron chi connectivity index (χ3n) is 3.59. The minimum Gasteiger partial charge on any atom is -0.497 e. The van der Waals surface area contributed by atoms with E-state index in [0.29, 0.717) is 11.0 Å². The zero-order valence-electron chi connectivity index (χ0n) is 13.2. The minimum absolute atomic E-state index is 0.0384. The van der Waals surface area contributed by atoms with Gasteiger partial charge in [0.1, 0.15) is 17.4 Å². The Hall–Kier alpha value is -2.41. The predicted molar refractivity (Wildman–Crippen MR) is 88.9 cm³/mol. The number of hydrogen-bond donors (Lipinski definition) is 0. The van der Waals surface area contributed by atoms with Crippen molar-refractivity contribution in [3.8, 4) is 17.1 Å². The number of halogens is 2. The van der Waals surface area contributed by atoms with Gasteiger partial charge in [0, 0.05) is 23.9 Å². The third kappa shape index (κ3) is 3.26. The van der Waals surface area contributed by atoms with Crippen molar-refractivity contribution in [3.63, 3.8) is 0 Å². The molecule has 0 atom stereocenters. The molecule has 0 aliphatic heterocycles. The molecule has 0 N–H and O–H groups in total. The normalized spacial score (nSPS) is 10.8. The average Bonchev–Trinajstić information content (AvgIpc) is 2.95. The van der Waals surface area contributed by atoms with Gasteiger partial charge in [-0.2, -0.15) is 0 Å². The van der Waals surface area contributed by atoms with Gasteiger partial charge < -0.3 is 9.30 Å². The predicted octanol–water partition coefficient (Wildman–Crippen LogP) is 4.06. The fourth-order valence-electron chi connectivity index (χ4n) is 2.24. The molecule has 0 saturated heterocycles. The van der Waals surface area contributed by atoms with Crippen LogP contribution in [0.25, 0.3) is 11.4 Å². The molecule has 0 spiro atoms. The van der Waals surface area contributed by atoms with Crippen molar-refractivity contribution in [3.05, 3.63) is 59.7 Å². The summed E-state index contributed by atoms with van der Waals surface area (Å²) in [5.74, 6) is 0.465. The van der Waals surface area contributed by atoms with Crippen molar-refractivity contribution >= 4 is 11.8 Å². The molecule has 124 valence electrons. The summed E-state index contributed by atoms with van der Waals surface area (Å²) in [4.78, 5) is 0. The highest BCUT2D eigenvalue weighted by atomic mass is 32.2. The number of hydrogen-bond acceptors (Lipinski definition) is 4. The Balaban J connectivity index is 1.80. The Morgan fingerprint density at radius 1 is 1.04 bits per heavy atom. The van der Waals surface area contributed by atoms with E-state index in [9.17, 15) is 8.78 Å². The summed E-state index contributed by atoms with van der Waals surface area (Å²) in [5, 5.41) is 8.86. The third-order valence-corrected chi connectivity index (χ3v) is 4.64. The van der Waals surface area contributed by atoms with Crippen LogP contribution in [0.5, 0.6) is 5.75 Å². The summed E-state index contributed by atoms with van der Waals surface area (Å²) < 4.78 is 34.3. The number of aromatic nitrogens is 3. The lowest BCUT2D eigenvalue weighted by Crippen LogP contribution is -1.97. The number of methoxy groups -OCH3 is 1. The molecular weight excluding hydrogens is 332 g/mol. The molecule has 7 heteroatoms. The summed E-state index contributed by atoms with van der Waals surface area (Å²) in [6.45, 7) is 0. The van der Waals surface area contributed by atoms with E-state index >= 15 is 0 Å². The van der Waals surface area contributed by atoms with Crippen LogP contribution >= 0.6 is 11.8 Å². The smallest absolute Gasteiger partial charge is 0.191 e. The SMILES string of the molecule is COc1ccc(-c2nnc(SCc3c(F)cccc3F)n2C)cc1. The number of rotatable bonds is 5. The summed E-state index contributed by atoms with van der Waals surface area (Å²) in [6, 6.07) is 11.3. The van der Waals surface area contributed by atoms with E-state index in [1.807, 2.05) is 31.3 Å². The van der Waals surface area contributed by atoms with Gasteiger partial charge in [-0.15, -0.1) is 10.2 Å². The second kappa shape index (κ2) is 7.00. The topological polar surface area (TPSA) is 39.9 Å². The van der Waals surface area contributed by atoms with Crippen molar-refractivity contribution in [2.45, 2.75) is 10.9 Å². The van der Waals surface area contributed by atoms with Gasteiger partial charge in [0.2, 0.25) is 0 Å². The molecular formula is C17H15F2N3OS. The van der Waals surface area contributed by atoms with E-state index in [2.05, 4.69) is 10.2 Å². The lowest BCUT2D eigenvalue weighted by molar-refractivity contribution is 0.415. The van der Waals surface area contributed by atoms with Crippen molar-refractivity contribution < 1.29 is 13.5 Å². The van der Waals surface area contributed by atoms with Crippen LogP contribution in [-0.2, 0) is 12.8 Å². The molecule has 0 saturated carbocycles. The first-order chi connectivity index (χ1) is 11.6. The molecule has 0 amide bonds. The molecule has 0 radical (unpaired) electrons. The maximum absolute atomic E-state index is 13.7. The van der Waals surface area contributed by atoms with Gasteiger partial charge in [-0.1, -0.05) is 17.8 Å². The fraction of sp³-hybridized carbons (Fsp3) is 0.176. The first-order valence-electron chi connectivity index (χ1n) is 7.19. The fourth-order valence-corrected chi connectivity index (χ4v) is 3.17. The van der Waals surface area contributed by atoms with E-state index in [0.717, 1.165) is 11.3 Å². The highest BCUT2D eigenvalue weighted by Crippen LogP contribution is 2.27. The number of nitrogens with zero attached hydrogens (tertiary/aromatic N) is 3. The Morgan fingerprint density at radius 3 is 2.33 bits per heavy atom. The Labute approximate surface area is 142 Å². The van der Waals surface area contributed by atoms with Crippen LogP contribution in [0.1, 0.15) is 5.56 Å². The average molecular weight is 347 g/mol. The van der Waals surface area contributed by atoms with Crippen LogP contribution in [0.2, 0.25) is 0 Å². The minimum atomic E-state index is -0.556. The van der Waals surface area contributed by atoms with Crippen LogP contribution in [-0.4, -0.2) is 21.9 Å². The number of benzene rings is 2. The molecule has 0 fully saturated rings. The summed E-state index contributed by atoms with van der Waals surface area (Å²) in [6.07, 6.45) is 0.